The molecule has 1 aliphatic carbocycles. The molecule has 0 bridgehead atoms. The molecule has 2 aliphatic rings. The molecule has 1 fully saturated rings. The maximum Gasteiger partial charge on any atom is 0.435 e. The van der Waals surface area contributed by atoms with Crippen LogP contribution < -0.4 is 10.0 Å². The minimum Gasteiger partial charge on any atom is -0.377 e. The summed E-state index contributed by atoms with van der Waals surface area (Å²) in [6, 6.07) is 7.18. The molecule has 2 aromatic carbocycles. The van der Waals surface area contributed by atoms with Gasteiger partial charge in [-0.15, -0.1) is 0 Å². The summed E-state index contributed by atoms with van der Waals surface area (Å²) in [5, 5.41) is 22.0. The molecule has 0 spiro atoms. The largest absolute Gasteiger partial charge is 0.435 e. The molecule has 12 nitrogen and oxygen atoms in total. The predicted octanol–water partition coefficient (Wildman–Crippen LogP) is 7.21. The molecular weight excluding hydrogens is 871 g/mol. The van der Waals surface area contributed by atoms with Crippen LogP contribution in [0, 0.1) is 29.4 Å². The number of aromatic nitrogens is 5. The number of rotatable bonds is 9. The highest BCUT2D eigenvalue weighted by atomic mass is 35.5. The van der Waals surface area contributed by atoms with E-state index in [0.717, 1.165) is 25.3 Å². The molecule has 3 N–H and O–H groups in total. The van der Waals surface area contributed by atoms with Gasteiger partial charge in [0.15, 0.2) is 11.5 Å². The van der Waals surface area contributed by atoms with Crippen LogP contribution in [0.3, 0.4) is 0 Å². The number of aliphatic hydroxyl groups is 1. The number of nitrogens with zero attached hydrogens (tertiary/aromatic N) is 5. The fraction of sp³-hybridized carbons (Fsp3) is 0.415. The summed E-state index contributed by atoms with van der Waals surface area (Å²) in [6.45, 7) is 3.52. The molecule has 1 amide bonds. The van der Waals surface area contributed by atoms with Crippen LogP contribution >= 0.6 is 11.6 Å². The summed E-state index contributed by atoms with van der Waals surface area (Å²) in [5.74, 6) is -2.77. The molecule has 7 rings (SSSR count). The normalized spacial score (nSPS) is 21.6. The molecule has 1 aliphatic heterocycles. The van der Waals surface area contributed by atoms with Crippen LogP contribution in [-0.2, 0) is 58.1 Å². The first-order valence-electron chi connectivity index (χ1n) is 19.2. The molecule has 4 atom stereocenters. The van der Waals surface area contributed by atoms with E-state index in [1.165, 1.54) is 29.9 Å². The third kappa shape index (κ3) is 9.12. The van der Waals surface area contributed by atoms with Crippen LogP contribution in [0.25, 0.3) is 22.0 Å². The molecule has 5 aromatic rings. The van der Waals surface area contributed by atoms with Crippen molar-refractivity contribution in [3.8, 4) is 23.0 Å². The number of hydrogen-bond acceptors (Lipinski definition) is 8. The first kappa shape index (κ1) is 44.8. The van der Waals surface area contributed by atoms with Crippen molar-refractivity contribution in [2.75, 3.05) is 11.0 Å². The van der Waals surface area contributed by atoms with Gasteiger partial charge in [-0.05, 0) is 68.5 Å². The van der Waals surface area contributed by atoms with Crippen LogP contribution in [0.1, 0.15) is 73.6 Å². The number of aryl methyl sites for hydroxylation is 1. The van der Waals surface area contributed by atoms with Gasteiger partial charge in [-0.1, -0.05) is 30.5 Å². The SMILES string of the molecule is CC1CC(O)(C#Cc2ccc(-c3ccc(Cl)c4c(NS(C)(=O)=O)nn(C)c34)c([C@H](Cc3cc(F)cc(F)c3)NC(=O)Cn3nc(C(F)(F)F)c4c3C(F)(F)[C@H](C)C4)n2)CC(C)O1. The maximum atomic E-state index is 15.4. The average Bonchev–Trinajstić information content (AvgIpc) is 3.73. The first-order chi connectivity index (χ1) is 28.8. The summed E-state index contributed by atoms with van der Waals surface area (Å²) < 4.78 is 137. The van der Waals surface area contributed by atoms with E-state index >= 15 is 8.78 Å². The molecule has 2 unspecified atom stereocenters. The van der Waals surface area contributed by atoms with Gasteiger partial charge in [0.2, 0.25) is 15.9 Å². The summed E-state index contributed by atoms with van der Waals surface area (Å²) >= 11 is 6.61. The van der Waals surface area contributed by atoms with E-state index in [4.69, 9.17) is 21.3 Å². The predicted molar refractivity (Wildman–Crippen MR) is 213 cm³/mol. The van der Waals surface area contributed by atoms with E-state index in [2.05, 4.69) is 32.1 Å². The Labute approximate surface area is 355 Å². The second-order valence-corrected chi connectivity index (χ2v) is 18.1. The number of alkyl halides is 5. The Kier molecular flexibility index (Phi) is 11.7. The van der Waals surface area contributed by atoms with E-state index in [1.807, 2.05) is 0 Å². The van der Waals surface area contributed by atoms with Crippen molar-refractivity contribution in [1.29, 1.82) is 0 Å². The number of nitrogens with one attached hydrogen (secondary N) is 2. The molecule has 4 heterocycles. The number of benzene rings is 2. The summed E-state index contributed by atoms with van der Waals surface area (Å²) in [4.78, 5) is 18.8. The number of hydrogen-bond donors (Lipinski definition) is 3. The zero-order valence-electron chi connectivity index (χ0n) is 33.6. The van der Waals surface area contributed by atoms with Crippen molar-refractivity contribution in [2.24, 2.45) is 13.0 Å². The number of sulfonamides is 1. The van der Waals surface area contributed by atoms with Crippen molar-refractivity contribution >= 4 is 44.3 Å². The Morgan fingerprint density at radius 3 is 2.32 bits per heavy atom. The van der Waals surface area contributed by atoms with Gasteiger partial charge >= 0.3 is 6.18 Å². The number of carbonyl (C=O) groups is 1. The zero-order valence-corrected chi connectivity index (χ0v) is 35.2. The Bertz CT molecular complexity index is 2750. The molecule has 0 radical (unpaired) electrons. The molecule has 3 aromatic heterocycles. The number of carbonyl (C=O) groups excluding carboxylic acids is 1. The van der Waals surface area contributed by atoms with Crippen molar-refractivity contribution in [2.45, 2.75) is 88.9 Å². The van der Waals surface area contributed by atoms with Crippen molar-refractivity contribution in [3.05, 3.63) is 93.0 Å². The van der Waals surface area contributed by atoms with Crippen molar-refractivity contribution in [1.82, 2.24) is 29.9 Å². The lowest BCUT2D eigenvalue weighted by Crippen LogP contribution is -2.42. The number of ether oxygens (including phenoxy) is 1. The highest BCUT2D eigenvalue weighted by Crippen LogP contribution is 2.49. The Balaban J connectivity index is 1.40. The first-order valence-corrected chi connectivity index (χ1v) is 21.4. The summed E-state index contributed by atoms with van der Waals surface area (Å²) in [7, 11) is -2.37. The van der Waals surface area contributed by atoms with Gasteiger partial charge in [-0.2, -0.15) is 32.1 Å². The van der Waals surface area contributed by atoms with Crippen LogP contribution in [0.5, 0.6) is 0 Å². The van der Waals surface area contributed by atoms with Crippen molar-refractivity contribution < 1.29 is 53.8 Å². The third-order valence-electron chi connectivity index (χ3n) is 10.7. The average molecular weight is 910 g/mol. The zero-order chi connectivity index (χ0) is 45.3. The Morgan fingerprint density at radius 2 is 1.69 bits per heavy atom. The van der Waals surface area contributed by atoms with Gasteiger partial charge in [0.25, 0.3) is 5.92 Å². The van der Waals surface area contributed by atoms with Gasteiger partial charge in [0, 0.05) is 48.6 Å². The third-order valence-corrected chi connectivity index (χ3v) is 11.5. The van der Waals surface area contributed by atoms with Crippen molar-refractivity contribution in [3.63, 3.8) is 0 Å². The van der Waals surface area contributed by atoms with E-state index in [0.29, 0.717) is 16.3 Å². The fourth-order valence-corrected chi connectivity index (χ4v) is 9.06. The van der Waals surface area contributed by atoms with Gasteiger partial charge in [-0.25, -0.2) is 22.2 Å². The number of pyridine rings is 1. The van der Waals surface area contributed by atoms with E-state index in [-0.39, 0.29) is 69.3 Å². The minimum atomic E-state index is -5.11. The molecule has 330 valence electrons. The van der Waals surface area contributed by atoms with Gasteiger partial charge in [-0.3, -0.25) is 18.9 Å². The standard InChI is InChI=1S/C41H39ClF7N7O5S/c1-20-12-29-36(41(47,48)49)52-56(37(29)40(20,45)46)19-32(57)51-31(15-23-13-24(43)16-25(44)14-23)34-27(7-6-26(50-34)10-11-39(58)17-21(2)61-22(3)18-39)28-8-9-30(42)33-35(28)55(4)53-38(33)54-62(5,59)60/h6-9,13-14,16,20-22,31,58H,12,15,17-19H2,1-5H3,(H,51,57)(H,53,54)/t20-,21?,22?,31+,39?/m1/s1. The quantitative estimate of drug-likeness (QED) is 0.104. The van der Waals surface area contributed by atoms with Gasteiger partial charge in [0.05, 0.1) is 46.1 Å². The Morgan fingerprint density at radius 1 is 1.05 bits per heavy atom. The van der Waals surface area contributed by atoms with Gasteiger partial charge in [0.1, 0.15) is 35.2 Å². The molecule has 0 saturated carbocycles. The number of amides is 1. The lowest BCUT2D eigenvalue weighted by atomic mass is 9.88. The minimum absolute atomic E-state index is 0.0161. The molecule has 21 heteroatoms. The van der Waals surface area contributed by atoms with E-state index in [9.17, 15) is 40.3 Å². The lowest BCUT2D eigenvalue weighted by Gasteiger charge is -2.35. The van der Waals surface area contributed by atoms with Gasteiger partial charge < -0.3 is 15.2 Å². The summed E-state index contributed by atoms with van der Waals surface area (Å²) in [5.41, 5.74) is -4.08. The van der Waals surface area contributed by atoms with E-state index < -0.39 is 93.6 Å². The monoisotopic (exact) mass is 909 g/mol. The fourth-order valence-electron chi connectivity index (χ4n) is 8.32. The smallest absolute Gasteiger partial charge is 0.377 e. The number of anilines is 1. The van der Waals surface area contributed by atoms with Crippen LogP contribution in [0.15, 0.2) is 42.5 Å². The number of halogens is 8. The van der Waals surface area contributed by atoms with Crippen LogP contribution in [-0.4, -0.2) is 68.0 Å². The maximum absolute atomic E-state index is 15.4. The second-order valence-electron chi connectivity index (χ2n) is 15.9. The topological polar surface area (TPSA) is 153 Å². The highest BCUT2D eigenvalue weighted by Gasteiger charge is 2.54. The molecule has 62 heavy (non-hydrogen) atoms. The Hall–Kier alpha value is -5.23. The molecular formula is C41H39ClF7N7O5S. The van der Waals surface area contributed by atoms with Crippen LogP contribution in [0.2, 0.25) is 5.02 Å². The number of fused-ring (bicyclic) bond motifs is 2. The second kappa shape index (κ2) is 16.2. The lowest BCUT2D eigenvalue weighted by molar-refractivity contribution is -0.142. The van der Waals surface area contributed by atoms with E-state index in [1.54, 1.807) is 19.9 Å². The molecule has 1 saturated heterocycles. The van der Waals surface area contributed by atoms with Crippen LogP contribution in [0.4, 0.5) is 36.6 Å². The highest BCUT2D eigenvalue weighted by molar-refractivity contribution is 7.92. The summed E-state index contributed by atoms with van der Waals surface area (Å²) in [6.07, 6.45) is -5.61.